The van der Waals surface area contributed by atoms with Crippen LogP contribution >= 0.6 is 0 Å². The summed E-state index contributed by atoms with van der Waals surface area (Å²) in [5.41, 5.74) is 0. The minimum atomic E-state index is -3.31. The van der Waals surface area contributed by atoms with Crippen molar-refractivity contribution in [2.24, 2.45) is 0 Å². The highest BCUT2D eigenvalue weighted by Crippen LogP contribution is 2.25. The predicted octanol–water partition coefficient (Wildman–Crippen LogP) is 0.449. The van der Waals surface area contributed by atoms with Crippen molar-refractivity contribution in [3.05, 3.63) is 0 Å². The zero-order chi connectivity index (χ0) is 15.3. The highest BCUT2D eigenvalue weighted by Gasteiger charge is 2.27. The molecule has 122 valence electrons. The molecule has 2 rings (SSSR count). The van der Waals surface area contributed by atoms with Crippen molar-refractivity contribution in [1.82, 2.24) is 14.9 Å². The number of nitrogens with one attached hydrogen (secondary N) is 2. The molecule has 1 saturated heterocycles. The van der Waals surface area contributed by atoms with E-state index in [9.17, 15) is 13.2 Å². The van der Waals surface area contributed by atoms with Crippen molar-refractivity contribution in [2.75, 3.05) is 25.9 Å². The number of likely N-dealkylation sites (tertiary alicyclic amines) is 1. The largest absolute Gasteiger partial charge is 0.351 e. The van der Waals surface area contributed by atoms with Gasteiger partial charge in [-0.3, -0.25) is 9.69 Å². The van der Waals surface area contributed by atoms with Crippen molar-refractivity contribution < 1.29 is 13.2 Å². The predicted molar refractivity (Wildman–Crippen MR) is 82.5 cm³/mol. The average Bonchev–Trinajstić information content (AvgIpc) is 2.46. The summed E-state index contributed by atoms with van der Waals surface area (Å²) in [6, 6.07) is 0.821. The topological polar surface area (TPSA) is 78.5 Å². The van der Waals surface area contributed by atoms with Crippen molar-refractivity contribution in [2.45, 2.75) is 57.0 Å². The quantitative estimate of drug-likeness (QED) is 0.772. The van der Waals surface area contributed by atoms with Gasteiger partial charge in [-0.1, -0.05) is 19.3 Å². The first-order chi connectivity index (χ1) is 9.94. The summed E-state index contributed by atoms with van der Waals surface area (Å²) in [6.07, 6.45) is 9.67. The maximum atomic E-state index is 11.8. The van der Waals surface area contributed by atoms with Crippen molar-refractivity contribution in [3.8, 4) is 0 Å². The Morgan fingerprint density at radius 2 is 1.86 bits per heavy atom. The Morgan fingerprint density at radius 3 is 2.52 bits per heavy atom. The Kier molecular flexibility index (Phi) is 6.01. The first-order valence-electron chi connectivity index (χ1n) is 7.92. The minimum Gasteiger partial charge on any atom is -0.351 e. The standard InChI is InChI=1S/C14H27N3O3S/c1-21(19,20)15-10-14(18)16-12-6-5-9-17(11-12)13-7-3-2-4-8-13/h12-13,15H,2-11H2,1H3,(H,16,18). The third kappa shape index (κ3) is 5.92. The van der Waals surface area contributed by atoms with E-state index < -0.39 is 10.0 Å². The monoisotopic (exact) mass is 317 g/mol. The summed E-state index contributed by atoms with van der Waals surface area (Å²) in [6.45, 7) is 1.85. The summed E-state index contributed by atoms with van der Waals surface area (Å²) in [5, 5.41) is 2.95. The molecule has 2 fully saturated rings. The Balaban J connectivity index is 1.76. The fourth-order valence-corrected chi connectivity index (χ4v) is 3.77. The number of hydrogen-bond donors (Lipinski definition) is 2. The van der Waals surface area contributed by atoms with E-state index in [1.807, 2.05) is 0 Å². The van der Waals surface area contributed by atoms with Gasteiger partial charge in [0.2, 0.25) is 15.9 Å². The number of piperidine rings is 1. The van der Waals surface area contributed by atoms with Gasteiger partial charge in [-0.15, -0.1) is 0 Å². The van der Waals surface area contributed by atoms with Crippen LogP contribution in [-0.4, -0.2) is 57.2 Å². The second-order valence-corrected chi connectivity index (χ2v) is 8.12. The van der Waals surface area contributed by atoms with Crippen LogP contribution in [0, 0.1) is 0 Å². The van der Waals surface area contributed by atoms with Gasteiger partial charge in [-0.05, 0) is 32.2 Å². The maximum absolute atomic E-state index is 11.8. The van der Waals surface area contributed by atoms with Crippen molar-refractivity contribution in [3.63, 3.8) is 0 Å². The van der Waals surface area contributed by atoms with Crippen LogP contribution in [0.4, 0.5) is 0 Å². The van der Waals surface area contributed by atoms with Crippen LogP contribution in [0.3, 0.4) is 0 Å². The first-order valence-corrected chi connectivity index (χ1v) is 9.81. The van der Waals surface area contributed by atoms with E-state index in [-0.39, 0.29) is 18.5 Å². The lowest BCUT2D eigenvalue weighted by atomic mass is 9.92. The van der Waals surface area contributed by atoms with Gasteiger partial charge in [0.15, 0.2) is 0 Å². The molecule has 2 aliphatic rings. The molecule has 0 aromatic carbocycles. The average molecular weight is 317 g/mol. The van der Waals surface area contributed by atoms with Gasteiger partial charge in [-0.2, -0.15) is 0 Å². The molecular formula is C14H27N3O3S. The molecule has 0 spiro atoms. The van der Waals surface area contributed by atoms with E-state index in [0.29, 0.717) is 6.04 Å². The van der Waals surface area contributed by atoms with Gasteiger partial charge in [0, 0.05) is 18.6 Å². The normalized spacial score (nSPS) is 25.7. The number of carbonyl (C=O) groups is 1. The van der Waals surface area contributed by atoms with E-state index >= 15 is 0 Å². The number of rotatable bonds is 5. The summed E-state index contributed by atoms with van der Waals surface area (Å²) in [4.78, 5) is 14.3. The van der Waals surface area contributed by atoms with Crippen LogP contribution in [0.25, 0.3) is 0 Å². The molecule has 1 heterocycles. The molecule has 1 atom stereocenters. The van der Waals surface area contributed by atoms with E-state index in [0.717, 1.165) is 32.2 Å². The molecule has 0 radical (unpaired) electrons. The molecule has 0 aromatic rings. The van der Waals surface area contributed by atoms with E-state index in [1.54, 1.807) is 0 Å². The third-order valence-corrected chi connectivity index (χ3v) is 5.07. The molecule has 1 amide bonds. The maximum Gasteiger partial charge on any atom is 0.235 e. The van der Waals surface area contributed by atoms with Crippen LogP contribution in [0.2, 0.25) is 0 Å². The zero-order valence-corrected chi connectivity index (χ0v) is 13.6. The van der Waals surface area contributed by atoms with Gasteiger partial charge < -0.3 is 5.32 Å². The fourth-order valence-electron chi connectivity index (χ4n) is 3.38. The van der Waals surface area contributed by atoms with Gasteiger partial charge in [0.1, 0.15) is 0 Å². The number of carbonyl (C=O) groups excluding carboxylic acids is 1. The Morgan fingerprint density at radius 1 is 1.14 bits per heavy atom. The number of hydrogen-bond acceptors (Lipinski definition) is 4. The third-order valence-electron chi connectivity index (χ3n) is 4.40. The van der Waals surface area contributed by atoms with Crippen LogP contribution in [0.15, 0.2) is 0 Å². The molecular weight excluding hydrogens is 290 g/mol. The molecule has 1 aliphatic carbocycles. The molecule has 2 N–H and O–H groups in total. The Bertz CT molecular complexity index is 446. The van der Waals surface area contributed by atoms with Crippen LogP contribution in [0.1, 0.15) is 44.9 Å². The Labute approximate surface area is 127 Å². The lowest BCUT2D eigenvalue weighted by Crippen LogP contribution is -2.52. The van der Waals surface area contributed by atoms with E-state index in [1.165, 1.54) is 32.1 Å². The van der Waals surface area contributed by atoms with Crippen molar-refractivity contribution in [1.29, 1.82) is 0 Å². The molecule has 21 heavy (non-hydrogen) atoms. The minimum absolute atomic E-state index is 0.148. The lowest BCUT2D eigenvalue weighted by Gasteiger charge is -2.40. The molecule has 0 bridgehead atoms. The number of amides is 1. The van der Waals surface area contributed by atoms with Crippen LogP contribution < -0.4 is 10.0 Å². The first kappa shape index (κ1) is 16.7. The van der Waals surface area contributed by atoms with Gasteiger partial charge in [-0.25, -0.2) is 13.1 Å². The zero-order valence-electron chi connectivity index (χ0n) is 12.8. The molecule has 0 aromatic heterocycles. The molecule has 1 unspecified atom stereocenters. The summed E-state index contributed by atoms with van der Waals surface area (Å²) in [5.74, 6) is -0.240. The summed E-state index contributed by atoms with van der Waals surface area (Å²) in [7, 11) is -3.31. The molecule has 1 saturated carbocycles. The number of sulfonamides is 1. The second-order valence-electron chi connectivity index (χ2n) is 6.29. The van der Waals surface area contributed by atoms with Gasteiger partial charge in [0.25, 0.3) is 0 Å². The molecule has 6 nitrogen and oxygen atoms in total. The lowest BCUT2D eigenvalue weighted by molar-refractivity contribution is -0.121. The SMILES string of the molecule is CS(=O)(=O)NCC(=O)NC1CCCN(C2CCCCC2)C1. The van der Waals surface area contributed by atoms with Crippen LogP contribution in [-0.2, 0) is 14.8 Å². The smallest absolute Gasteiger partial charge is 0.235 e. The summed E-state index contributed by atoms with van der Waals surface area (Å²) >= 11 is 0. The highest BCUT2D eigenvalue weighted by molar-refractivity contribution is 7.88. The Hall–Kier alpha value is -0.660. The highest BCUT2D eigenvalue weighted by atomic mass is 32.2. The molecule has 7 heteroatoms. The van der Waals surface area contributed by atoms with Gasteiger partial charge >= 0.3 is 0 Å². The van der Waals surface area contributed by atoms with Crippen molar-refractivity contribution >= 4 is 15.9 Å². The van der Waals surface area contributed by atoms with E-state index in [4.69, 9.17) is 0 Å². The number of nitrogens with zero attached hydrogens (tertiary/aromatic N) is 1. The molecule has 1 aliphatic heterocycles. The fraction of sp³-hybridized carbons (Fsp3) is 0.929. The van der Waals surface area contributed by atoms with Gasteiger partial charge in [0.05, 0.1) is 12.8 Å². The van der Waals surface area contributed by atoms with E-state index in [2.05, 4.69) is 14.9 Å². The second kappa shape index (κ2) is 7.56. The van der Waals surface area contributed by atoms with Crippen LogP contribution in [0.5, 0.6) is 0 Å². The summed E-state index contributed by atoms with van der Waals surface area (Å²) < 4.78 is 24.2.